The molecule has 6 heteroatoms. The summed E-state index contributed by atoms with van der Waals surface area (Å²) in [5.74, 6) is 0. The summed E-state index contributed by atoms with van der Waals surface area (Å²) in [5.41, 5.74) is 9.32. The van der Waals surface area contributed by atoms with Gasteiger partial charge in [0.15, 0.2) is 10.9 Å². The van der Waals surface area contributed by atoms with Crippen LogP contribution in [0.25, 0.3) is 60.2 Å². The minimum atomic E-state index is -0.281. The molecule has 256 valence electrons. The monoisotopic (exact) mass is 673 g/mol. The summed E-state index contributed by atoms with van der Waals surface area (Å²) < 4.78 is 5.81. The molecular weight excluding hydrogens is 631 g/mol. The highest BCUT2D eigenvalue weighted by Gasteiger charge is 2.49. The van der Waals surface area contributed by atoms with E-state index in [1.165, 1.54) is 22.3 Å². The van der Waals surface area contributed by atoms with Gasteiger partial charge in [-0.05, 0) is 143 Å². The second-order valence-electron chi connectivity index (χ2n) is 19.6. The van der Waals surface area contributed by atoms with Gasteiger partial charge in [-0.2, -0.15) is 0 Å². The fourth-order valence-electron chi connectivity index (χ4n) is 12.0. The van der Waals surface area contributed by atoms with Crippen LogP contribution in [-0.2, 0) is 27.1 Å². The maximum Gasteiger partial charge on any atom is 0.340 e. The molecule has 8 aromatic rings. The number of fused-ring (bicyclic) bond motifs is 10. The molecule has 0 saturated heterocycles. The molecule has 51 heavy (non-hydrogen) atoms. The van der Waals surface area contributed by atoms with Crippen molar-refractivity contribution in [3.63, 3.8) is 0 Å². The summed E-state index contributed by atoms with van der Waals surface area (Å²) in [6.07, 6.45) is 9.07. The van der Waals surface area contributed by atoms with Crippen molar-refractivity contribution in [2.45, 2.75) is 127 Å². The zero-order chi connectivity index (χ0) is 35.1. The third-order valence-electron chi connectivity index (χ3n) is 15.6. The van der Waals surface area contributed by atoms with Crippen molar-refractivity contribution >= 4 is 60.2 Å². The van der Waals surface area contributed by atoms with E-state index in [1.54, 1.807) is 0 Å². The fourth-order valence-corrected chi connectivity index (χ4v) is 12.0. The molecule has 14 rings (SSSR count). The first kappa shape index (κ1) is 29.2. The van der Waals surface area contributed by atoms with Gasteiger partial charge in [0, 0.05) is 21.5 Å². The van der Waals surface area contributed by atoms with Crippen molar-refractivity contribution in [3.05, 3.63) is 95.1 Å². The Morgan fingerprint density at radius 1 is 0.490 bits per heavy atom. The Morgan fingerprint density at radius 2 is 0.843 bits per heavy atom. The van der Waals surface area contributed by atoms with Crippen LogP contribution in [0.1, 0.15) is 128 Å². The van der Waals surface area contributed by atoms with Crippen LogP contribution >= 0.6 is 0 Å². The Balaban J connectivity index is 1.40. The maximum atomic E-state index is 15.4. The van der Waals surface area contributed by atoms with Gasteiger partial charge < -0.3 is 0 Å². The Morgan fingerprint density at radius 3 is 1.20 bits per heavy atom. The SMILES string of the molecule is CC(C)(C)c1cc2c(=O)c3c4cc5c(cc4n4c(=O)n6c7cc8c(cc7c7c(=O)c(c1)c2n(c34)c76)C1(C)CCC8(C)CC1)C1(C)CCC5(C)CC1. The van der Waals surface area contributed by atoms with E-state index in [1.807, 2.05) is 20.9 Å². The van der Waals surface area contributed by atoms with Crippen LogP contribution in [0.4, 0.5) is 0 Å². The van der Waals surface area contributed by atoms with Crippen LogP contribution in [0.15, 0.2) is 50.8 Å². The third kappa shape index (κ3) is 3.01. The number of aromatic nitrogens is 3. The molecule has 2 saturated carbocycles. The molecule has 0 radical (unpaired) electrons. The molecule has 0 N–H and O–H groups in total. The largest absolute Gasteiger partial charge is 0.340 e. The predicted octanol–water partition coefficient (Wildman–Crippen LogP) is 8.96. The molecular formula is C45H43N3O3. The van der Waals surface area contributed by atoms with Gasteiger partial charge in [0.1, 0.15) is 11.3 Å². The molecule has 3 aromatic carbocycles. The predicted molar refractivity (Wildman–Crippen MR) is 207 cm³/mol. The summed E-state index contributed by atoms with van der Waals surface area (Å²) in [6, 6.07) is 13.2. The molecule has 6 aliphatic rings. The van der Waals surface area contributed by atoms with Gasteiger partial charge in [-0.3, -0.25) is 14.0 Å². The van der Waals surface area contributed by atoms with Crippen LogP contribution in [0, 0.1) is 0 Å². The molecule has 4 bridgehead atoms. The second-order valence-corrected chi connectivity index (χ2v) is 19.6. The minimum absolute atomic E-state index is 0.0474. The Kier molecular flexibility index (Phi) is 4.64. The maximum absolute atomic E-state index is 15.4. The van der Waals surface area contributed by atoms with E-state index in [2.05, 4.69) is 77.1 Å². The Labute approximate surface area is 294 Å². The summed E-state index contributed by atoms with van der Waals surface area (Å²) in [4.78, 5) is 45.6. The first-order valence-electron chi connectivity index (χ1n) is 19.2. The third-order valence-corrected chi connectivity index (χ3v) is 15.6. The lowest BCUT2D eigenvalue weighted by molar-refractivity contribution is 0.188. The van der Waals surface area contributed by atoms with Crippen LogP contribution in [0.3, 0.4) is 0 Å². The van der Waals surface area contributed by atoms with Gasteiger partial charge in [-0.15, -0.1) is 0 Å². The average molecular weight is 674 g/mol. The van der Waals surface area contributed by atoms with Gasteiger partial charge in [0.25, 0.3) is 0 Å². The van der Waals surface area contributed by atoms with Crippen molar-refractivity contribution in [2.24, 2.45) is 0 Å². The molecule has 6 nitrogen and oxygen atoms in total. The van der Waals surface area contributed by atoms with Crippen molar-refractivity contribution in [1.29, 1.82) is 0 Å². The molecule has 0 atom stereocenters. The van der Waals surface area contributed by atoms with E-state index >= 15 is 14.4 Å². The number of hydrogen-bond acceptors (Lipinski definition) is 3. The van der Waals surface area contributed by atoms with E-state index in [4.69, 9.17) is 0 Å². The first-order valence-corrected chi connectivity index (χ1v) is 19.2. The number of hydrogen-bond donors (Lipinski definition) is 0. The highest BCUT2D eigenvalue weighted by atomic mass is 16.1. The van der Waals surface area contributed by atoms with Crippen molar-refractivity contribution in [3.8, 4) is 0 Å². The number of benzene rings is 3. The summed E-state index contributed by atoms with van der Waals surface area (Å²) >= 11 is 0. The standard InChI is InChI=1S/C45H43N3O3/c1-41(2,3)22-16-25-35-26(17-22)37(50)34-24-19-28-30(45(7)14-10-43(28,5)11-15-45)21-32(24)47-39(34)48(35)38-33(36(25)49)23-18-27-29(20-31(23)46(38)40(47)51)44(6)12-8-42(27,4)9-13-44/h16-21H,8-15H2,1-7H3. The Bertz CT molecular complexity index is 2930. The summed E-state index contributed by atoms with van der Waals surface area (Å²) in [5, 5.41) is 4.02. The molecule has 0 aliphatic heterocycles. The molecule has 0 unspecified atom stereocenters. The first-order chi connectivity index (χ1) is 24.1. The van der Waals surface area contributed by atoms with Crippen LogP contribution in [0.5, 0.6) is 0 Å². The number of pyridine rings is 2. The van der Waals surface area contributed by atoms with E-state index in [9.17, 15) is 0 Å². The summed E-state index contributed by atoms with van der Waals surface area (Å²) in [6.45, 7) is 16.0. The second kappa shape index (κ2) is 8.11. The van der Waals surface area contributed by atoms with Gasteiger partial charge in [0.05, 0.1) is 27.3 Å². The highest BCUT2D eigenvalue weighted by Crippen LogP contribution is 2.59. The molecule has 6 aliphatic carbocycles. The Hall–Kier alpha value is -4.45. The van der Waals surface area contributed by atoms with Crippen LogP contribution in [0.2, 0.25) is 0 Å². The normalized spacial score (nSPS) is 29.0. The minimum Gasteiger partial charge on any atom is -0.288 e. The van der Waals surface area contributed by atoms with E-state index < -0.39 is 0 Å². The molecule has 5 heterocycles. The molecule has 0 spiro atoms. The van der Waals surface area contributed by atoms with Gasteiger partial charge in [-0.25, -0.2) is 13.6 Å². The lowest BCUT2D eigenvalue weighted by Gasteiger charge is -2.52. The highest BCUT2D eigenvalue weighted by molar-refractivity contribution is 6.19. The van der Waals surface area contributed by atoms with Crippen LogP contribution in [-0.4, -0.2) is 13.2 Å². The van der Waals surface area contributed by atoms with E-state index in [-0.39, 0.29) is 43.6 Å². The molecule has 5 aromatic heterocycles. The van der Waals surface area contributed by atoms with Crippen molar-refractivity contribution in [1.82, 2.24) is 13.2 Å². The van der Waals surface area contributed by atoms with Crippen molar-refractivity contribution in [2.75, 3.05) is 0 Å². The zero-order valence-corrected chi connectivity index (χ0v) is 30.7. The van der Waals surface area contributed by atoms with E-state index in [0.717, 1.165) is 78.7 Å². The van der Waals surface area contributed by atoms with Gasteiger partial charge >= 0.3 is 5.69 Å². The smallest absolute Gasteiger partial charge is 0.288 e. The van der Waals surface area contributed by atoms with Gasteiger partial charge in [0.2, 0.25) is 0 Å². The lowest BCUT2D eigenvalue weighted by atomic mass is 9.52. The quantitative estimate of drug-likeness (QED) is 0.151. The van der Waals surface area contributed by atoms with Crippen LogP contribution < -0.4 is 16.5 Å². The van der Waals surface area contributed by atoms with Crippen molar-refractivity contribution < 1.29 is 0 Å². The molecule has 2 fully saturated rings. The van der Waals surface area contributed by atoms with E-state index in [0.29, 0.717) is 38.4 Å². The number of nitrogens with zero attached hydrogens (tertiary/aromatic N) is 3. The topological polar surface area (TPSA) is 64.4 Å². The zero-order valence-electron chi connectivity index (χ0n) is 30.7. The van der Waals surface area contributed by atoms with Gasteiger partial charge in [-0.1, -0.05) is 48.5 Å². The lowest BCUT2D eigenvalue weighted by Crippen LogP contribution is -2.44. The average Bonchev–Trinajstić information content (AvgIpc) is 3.62. The summed E-state index contributed by atoms with van der Waals surface area (Å²) in [7, 11) is 0. The number of rotatable bonds is 0. The molecule has 0 amide bonds. The fraction of sp³-hybridized carbons (Fsp3) is 0.444.